The van der Waals surface area contributed by atoms with Gasteiger partial charge in [-0.1, -0.05) is 23.3 Å². The van der Waals surface area contributed by atoms with Gasteiger partial charge in [0.2, 0.25) is 0 Å². The number of benzene rings is 1. The minimum atomic E-state index is -0.112. The second-order valence-corrected chi connectivity index (χ2v) is 5.23. The highest BCUT2D eigenvalue weighted by Crippen LogP contribution is 2.21. The molecular weight excluding hydrogens is 276 g/mol. The number of hydrogen-bond donors (Lipinski definition) is 2. The van der Waals surface area contributed by atoms with Crippen molar-refractivity contribution in [3.05, 3.63) is 40.4 Å². The van der Waals surface area contributed by atoms with Crippen molar-refractivity contribution in [2.24, 2.45) is 0 Å². The maximum absolute atomic E-state index is 11.7. The topological polar surface area (TPSA) is 50.4 Å². The Morgan fingerprint density at radius 2 is 2.35 bits per heavy atom. The smallest absolute Gasteiger partial charge is 0.258 e. The molecule has 1 aliphatic heterocycles. The van der Waals surface area contributed by atoms with E-state index < -0.39 is 0 Å². The van der Waals surface area contributed by atoms with Gasteiger partial charge in [0.05, 0.1) is 0 Å². The molecule has 0 spiro atoms. The van der Waals surface area contributed by atoms with Gasteiger partial charge in [-0.2, -0.15) is 0 Å². The Labute approximate surface area is 124 Å². The first kappa shape index (κ1) is 14.9. The lowest BCUT2D eigenvalue weighted by Crippen LogP contribution is -2.32. The van der Waals surface area contributed by atoms with Crippen molar-refractivity contribution in [1.29, 1.82) is 0 Å². The number of carbonyl (C=O) groups is 1. The van der Waals surface area contributed by atoms with Gasteiger partial charge in [-0.05, 0) is 43.7 Å². The van der Waals surface area contributed by atoms with E-state index in [1.165, 1.54) is 5.57 Å². The third-order valence-corrected chi connectivity index (χ3v) is 3.40. The SMILES string of the molecule is Cc1cc(Cl)ccc1OCC(=O)NCC1=CCNCC1. The number of halogens is 1. The van der Waals surface area contributed by atoms with Crippen molar-refractivity contribution in [2.45, 2.75) is 13.3 Å². The number of nitrogens with one attached hydrogen (secondary N) is 2. The number of carbonyl (C=O) groups excluding carboxylic acids is 1. The highest BCUT2D eigenvalue weighted by Gasteiger charge is 2.07. The monoisotopic (exact) mass is 294 g/mol. The summed E-state index contributed by atoms with van der Waals surface area (Å²) in [7, 11) is 0. The van der Waals surface area contributed by atoms with Crippen LogP contribution in [0.4, 0.5) is 0 Å². The van der Waals surface area contributed by atoms with Gasteiger partial charge >= 0.3 is 0 Å². The number of aryl methyl sites for hydroxylation is 1. The van der Waals surface area contributed by atoms with Gasteiger partial charge in [0.15, 0.2) is 6.61 Å². The van der Waals surface area contributed by atoms with Gasteiger partial charge in [0.1, 0.15) is 5.75 Å². The molecule has 0 radical (unpaired) electrons. The summed E-state index contributed by atoms with van der Waals surface area (Å²) in [5.41, 5.74) is 2.19. The lowest BCUT2D eigenvalue weighted by molar-refractivity contribution is -0.122. The molecule has 108 valence electrons. The van der Waals surface area contributed by atoms with Crippen LogP contribution in [0.25, 0.3) is 0 Å². The normalized spacial score (nSPS) is 14.6. The van der Waals surface area contributed by atoms with Crippen molar-refractivity contribution < 1.29 is 9.53 Å². The van der Waals surface area contributed by atoms with Crippen LogP contribution in [0.2, 0.25) is 5.02 Å². The molecular formula is C15H19ClN2O2. The standard InChI is InChI=1S/C15H19ClN2O2/c1-11-8-13(16)2-3-14(11)20-10-15(19)18-9-12-4-6-17-7-5-12/h2-4,8,17H,5-7,9-10H2,1H3,(H,18,19). The van der Waals surface area contributed by atoms with Crippen LogP contribution in [-0.4, -0.2) is 32.1 Å². The molecule has 0 atom stereocenters. The first-order chi connectivity index (χ1) is 9.65. The number of rotatable bonds is 5. The summed E-state index contributed by atoms with van der Waals surface area (Å²) < 4.78 is 5.49. The number of amides is 1. The van der Waals surface area contributed by atoms with Crippen LogP contribution in [0, 0.1) is 6.92 Å². The van der Waals surface area contributed by atoms with Gasteiger partial charge in [0.25, 0.3) is 5.91 Å². The minimum Gasteiger partial charge on any atom is -0.484 e. The van der Waals surface area contributed by atoms with Crippen molar-refractivity contribution in [1.82, 2.24) is 10.6 Å². The Bertz CT molecular complexity index is 515. The molecule has 1 aliphatic rings. The summed E-state index contributed by atoms with van der Waals surface area (Å²) in [5.74, 6) is 0.574. The van der Waals surface area contributed by atoms with Crippen LogP contribution in [-0.2, 0) is 4.79 Å². The Morgan fingerprint density at radius 1 is 1.50 bits per heavy atom. The molecule has 2 rings (SSSR count). The fourth-order valence-electron chi connectivity index (χ4n) is 2.01. The third kappa shape index (κ3) is 4.54. The molecule has 0 aromatic heterocycles. The van der Waals surface area contributed by atoms with Crippen molar-refractivity contribution in [2.75, 3.05) is 26.2 Å². The van der Waals surface area contributed by atoms with Crippen LogP contribution in [0.5, 0.6) is 5.75 Å². The predicted molar refractivity (Wildman–Crippen MR) is 80.3 cm³/mol. The number of hydrogen-bond acceptors (Lipinski definition) is 3. The summed E-state index contributed by atoms with van der Waals surface area (Å²) >= 11 is 5.87. The molecule has 0 saturated carbocycles. The Hall–Kier alpha value is -1.52. The highest BCUT2D eigenvalue weighted by atomic mass is 35.5. The minimum absolute atomic E-state index is 0.0218. The van der Waals surface area contributed by atoms with E-state index in [1.807, 2.05) is 13.0 Å². The van der Waals surface area contributed by atoms with Crippen molar-refractivity contribution in [3.63, 3.8) is 0 Å². The zero-order valence-corrected chi connectivity index (χ0v) is 12.3. The van der Waals surface area contributed by atoms with Crippen LogP contribution in [0.3, 0.4) is 0 Å². The summed E-state index contributed by atoms with van der Waals surface area (Å²) in [6.45, 7) is 4.38. The summed E-state index contributed by atoms with van der Waals surface area (Å²) in [4.78, 5) is 11.7. The average molecular weight is 295 g/mol. The molecule has 0 bridgehead atoms. The van der Waals surface area contributed by atoms with E-state index in [1.54, 1.807) is 12.1 Å². The molecule has 1 amide bonds. The molecule has 0 fully saturated rings. The molecule has 1 aromatic rings. The molecule has 5 heteroatoms. The van der Waals surface area contributed by atoms with Crippen LogP contribution < -0.4 is 15.4 Å². The maximum atomic E-state index is 11.7. The summed E-state index contributed by atoms with van der Waals surface area (Å²) in [6, 6.07) is 5.34. The van der Waals surface area contributed by atoms with E-state index >= 15 is 0 Å². The maximum Gasteiger partial charge on any atom is 0.258 e. The quantitative estimate of drug-likeness (QED) is 0.818. The highest BCUT2D eigenvalue weighted by molar-refractivity contribution is 6.30. The lowest BCUT2D eigenvalue weighted by atomic mass is 10.1. The zero-order valence-electron chi connectivity index (χ0n) is 11.5. The summed E-state index contributed by atoms with van der Waals surface area (Å²) in [5, 5.41) is 6.77. The Kier molecular flexibility index (Phi) is 5.44. The van der Waals surface area contributed by atoms with E-state index in [0.717, 1.165) is 25.1 Å². The molecule has 0 unspecified atom stereocenters. The molecule has 0 saturated heterocycles. The fourth-order valence-corrected chi connectivity index (χ4v) is 2.24. The van der Waals surface area contributed by atoms with Crippen LogP contribution in [0.15, 0.2) is 29.8 Å². The van der Waals surface area contributed by atoms with E-state index in [0.29, 0.717) is 17.3 Å². The largest absolute Gasteiger partial charge is 0.484 e. The third-order valence-electron chi connectivity index (χ3n) is 3.17. The number of ether oxygens (including phenoxy) is 1. The van der Waals surface area contributed by atoms with Crippen molar-refractivity contribution in [3.8, 4) is 5.75 Å². The van der Waals surface area contributed by atoms with Gasteiger partial charge in [0, 0.05) is 18.1 Å². The van der Waals surface area contributed by atoms with Crippen molar-refractivity contribution >= 4 is 17.5 Å². The van der Waals surface area contributed by atoms with Crippen LogP contribution in [0.1, 0.15) is 12.0 Å². The van der Waals surface area contributed by atoms with E-state index in [2.05, 4.69) is 16.7 Å². The second-order valence-electron chi connectivity index (χ2n) is 4.79. The average Bonchev–Trinajstić information content (AvgIpc) is 2.45. The van der Waals surface area contributed by atoms with Gasteiger partial charge in [-0.3, -0.25) is 4.79 Å². The van der Waals surface area contributed by atoms with Crippen LogP contribution >= 0.6 is 11.6 Å². The molecule has 1 heterocycles. The van der Waals surface area contributed by atoms with E-state index in [4.69, 9.17) is 16.3 Å². The molecule has 1 aromatic carbocycles. The predicted octanol–water partition coefficient (Wildman–Crippen LogP) is 2.06. The fraction of sp³-hybridized carbons (Fsp3) is 0.400. The lowest BCUT2D eigenvalue weighted by Gasteiger charge is -2.15. The first-order valence-electron chi connectivity index (χ1n) is 6.69. The van der Waals surface area contributed by atoms with Gasteiger partial charge < -0.3 is 15.4 Å². The zero-order chi connectivity index (χ0) is 14.4. The second kappa shape index (κ2) is 7.31. The molecule has 0 aliphatic carbocycles. The Balaban J connectivity index is 1.75. The Morgan fingerprint density at radius 3 is 3.05 bits per heavy atom. The van der Waals surface area contributed by atoms with Gasteiger partial charge in [-0.15, -0.1) is 0 Å². The van der Waals surface area contributed by atoms with E-state index in [-0.39, 0.29) is 12.5 Å². The molecule has 4 nitrogen and oxygen atoms in total. The molecule has 20 heavy (non-hydrogen) atoms. The first-order valence-corrected chi connectivity index (χ1v) is 7.07. The summed E-state index contributed by atoms with van der Waals surface area (Å²) in [6.07, 6.45) is 3.10. The van der Waals surface area contributed by atoms with E-state index in [9.17, 15) is 4.79 Å². The van der Waals surface area contributed by atoms with Gasteiger partial charge in [-0.25, -0.2) is 0 Å². The molecule has 2 N–H and O–H groups in total.